The molecule has 5 heteroatoms. The van der Waals surface area contributed by atoms with Gasteiger partial charge < -0.3 is 4.74 Å². The van der Waals surface area contributed by atoms with Gasteiger partial charge in [0.15, 0.2) is 0 Å². The average Bonchev–Trinajstić information content (AvgIpc) is 2.43. The van der Waals surface area contributed by atoms with Crippen LogP contribution in [0.3, 0.4) is 0 Å². The Balaban J connectivity index is 1.93. The first-order valence-corrected chi connectivity index (χ1v) is 9.50. The number of rotatable bonds is 3. The zero-order chi connectivity index (χ0) is 17.5. The first-order chi connectivity index (χ1) is 11.1. The highest BCUT2D eigenvalue weighted by Gasteiger charge is 2.27. The number of aryl methyl sites for hydroxylation is 2. The third kappa shape index (κ3) is 3.62. The molecule has 0 unspecified atom stereocenters. The van der Waals surface area contributed by atoms with Crippen LogP contribution in [0.5, 0.6) is 0 Å². The molecule has 2 aromatic rings. The van der Waals surface area contributed by atoms with Crippen LogP contribution in [0.1, 0.15) is 36.1 Å². The zero-order valence-electron chi connectivity index (χ0n) is 14.5. The van der Waals surface area contributed by atoms with Crippen LogP contribution in [0.2, 0.25) is 0 Å². The van der Waals surface area contributed by atoms with Crippen LogP contribution in [0.4, 0.5) is 5.69 Å². The van der Waals surface area contributed by atoms with Gasteiger partial charge in [-0.25, -0.2) is 8.42 Å². The molecular formula is C19H23NO3S. The van der Waals surface area contributed by atoms with Crippen molar-refractivity contribution in [2.75, 3.05) is 4.72 Å². The van der Waals surface area contributed by atoms with Gasteiger partial charge in [-0.3, -0.25) is 4.72 Å². The van der Waals surface area contributed by atoms with Crippen LogP contribution in [-0.2, 0) is 27.8 Å². The number of ether oxygens (including phenoxy) is 1. The number of hydrogen-bond acceptors (Lipinski definition) is 3. The number of anilines is 1. The molecule has 4 nitrogen and oxygen atoms in total. The van der Waals surface area contributed by atoms with Gasteiger partial charge in [0.1, 0.15) is 0 Å². The van der Waals surface area contributed by atoms with Crippen molar-refractivity contribution in [3.8, 4) is 0 Å². The van der Waals surface area contributed by atoms with Crippen LogP contribution in [0.25, 0.3) is 0 Å². The van der Waals surface area contributed by atoms with Crippen LogP contribution in [-0.4, -0.2) is 14.0 Å². The summed E-state index contributed by atoms with van der Waals surface area (Å²) in [5, 5.41) is 0. The molecule has 3 rings (SSSR count). The van der Waals surface area contributed by atoms with Crippen molar-refractivity contribution in [2.45, 2.75) is 51.2 Å². The Morgan fingerprint density at radius 2 is 1.67 bits per heavy atom. The average molecular weight is 345 g/mol. The Bertz CT molecular complexity index is 865. The first kappa shape index (κ1) is 17.0. The van der Waals surface area contributed by atoms with Gasteiger partial charge in [0.25, 0.3) is 10.0 Å². The summed E-state index contributed by atoms with van der Waals surface area (Å²) in [6.45, 7) is 8.46. The van der Waals surface area contributed by atoms with E-state index < -0.39 is 10.0 Å². The van der Waals surface area contributed by atoms with E-state index in [9.17, 15) is 8.42 Å². The van der Waals surface area contributed by atoms with Gasteiger partial charge in [0, 0.05) is 12.1 Å². The quantitative estimate of drug-likeness (QED) is 0.916. The van der Waals surface area contributed by atoms with E-state index in [-0.39, 0.29) is 10.5 Å². The van der Waals surface area contributed by atoms with E-state index >= 15 is 0 Å². The molecule has 1 heterocycles. The van der Waals surface area contributed by atoms with Crippen LogP contribution in [0.15, 0.2) is 41.3 Å². The lowest BCUT2D eigenvalue weighted by atomic mass is 9.92. The maximum atomic E-state index is 12.7. The first-order valence-electron chi connectivity index (χ1n) is 8.02. The highest BCUT2D eigenvalue weighted by atomic mass is 32.2. The Morgan fingerprint density at radius 1 is 1.00 bits per heavy atom. The standard InChI is InChI=1S/C19H23NO3S/c1-13-7-14(2)9-17(8-13)20-24(21,22)18-6-5-15-12-23-19(3,4)11-16(15)10-18/h5-10,20H,11-12H2,1-4H3. The summed E-state index contributed by atoms with van der Waals surface area (Å²) in [7, 11) is -3.61. The van der Waals surface area contributed by atoms with Crippen molar-refractivity contribution in [3.63, 3.8) is 0 Å². The molecule has 0 spiro atoms. The zero-order valence-corrected chi connectivity index (χ0v) is 15.3. The summed E-state index contributed by atoms with van der Waals surface area (Å²) in [5.41, 5.74) is 4.47. The Kier molecular flexibility index (Phi) is 4.18. The van der Waals surface area contributed by atoms with E-state index in [0.29, 0.717) is 18.7 Å². The monoisotopic (exact) mass is 345 g/mol. The van der Waals surface area contributed by atoms with Crippen molar-refractivity contribution in [3.05, 3.63) is 58.7 Å². The Morgan fingerprint density at radius 3 is 2.33 bits per heavy atom. The topological polar surface area (TPSA) is 55.4 Å². The molecule has 0 bridgehead atoms. The fourth-order valence-corrected chi connectivity index (χ4v) is 4.20. The molecule has 0 saturated carbocycles. The molecule has 0 saturated heterocycles. The lowest BCUT2D eigenvalue weighted by Gasteiger charge is -2.32. The van der Waals surface area contributed by atoms with E-state index in [1.807, 2.05) is 52.0 Å². The fraction of sp³-hybridized carbons (Fsp3) is 0.368. The van der Waals surface area contributed by atoms with Crippen LogP contribution in [0, 0.1) is 13.8 Å². The molecule has 0 atom stereocenters. The second-order valence-corrected chi connectivity index (χ2v) is 8.82. The molecule has 0 fully saturated rings. The number of benzene rings is 2. The number of sulfonamides is 1. The maximum Gasteiger partial charge on any atom is 0.261 e. The third-order valence-electron chi connectivity index (χ3n) is 4.20. The molecule has 128 valence electrons. The lowest BCUT2D eigenvalue weighted by molar-refractivity contribution is -0.0401. The molecule has 0 aliphatic carbocycles. The summed E-state index contributed by atoms with van der Waals surface area (Å²) in [6.07, 6.45) is 0.704. The highest BCUT2D eigenvalue weighted by molar-refractivity contribution is 7.92. The fourth-order valence-electron chi connectivity index (χ4n) is 3.11. The largest absolute Gasteiger partial charge is 0.371 e. The molecule has 24 heavy (non-hydrogen) atoms. The molecule has 1 N–H and O–H groups in total. The second kappa shape index (κ2) is 5.90. The van der Waals surface area contributed by atoms with E-state index in [1.165, 1.54) is 0 Å². The van der Waals surface area contributed by atoms with Gasteiger partial charge in [0.05, 0.1) is 17.1 Å². The van der Waals surface area contributed by atoms with Gasteiger partial charge in [0.2, 0.25) is 0 Å². The molecule has 1 aliphatic rings. The lowest BCUT2D eigenvalue weighted by Crippen LogP contribution is -2.32. The second-order valence-electron chi connectivity index (χ2n) is 7.14. The number of nitrogens with one attached hydrogen (secondary N) is 1. The summed E-state index contributed by atoms with van der Waals surface area (Å²) in [5.74, 6) is 0. The SMILES string of the molecule is Cc1cc(C)cc(NS(=O)(=O)c2ccc3c(c2)CC(C)(C)OC3)c1. The minimum absolute atomic E-state index is 0.267. The Labute approximate surface area is 143 Å². The minimum Gasteiger partial charge on any atom is -0.371 e. The summed E-state index contributed by atoms with van der Waals surface area (Å²) >= 11 is 0. The van der Waals surface area contributed by atoms with E-state index in [0.717, 1.165) is 22.3 Å². The summed E-state index contributed by atoms with van der Waals surface area (Å²) < 4.78 is 33.9. The Hall–Kier alpha value is -1.85. The van der Waals surface area contributed by atoms with Crippen molar-refractivity contribution >= 4 is 15.7 Å². The number of hydrogen-bond donors (Lipinski definition) is 1. The van der Waals surface area contributed by atoms with Gasteiger partial charge in [-0.15, -0.1) is 0 Å². The molecule has 1 aliphatic heterocycles. The van der Waals surface area contributed by atoms with Gasteiger partial charge >= 0.3 is 0 Å². The van der Waals surface area contributed by atoms with E-state index in [2.05, 4.69) is 4.72 Å². The van der Waals surface area contributed by atoms with Crippen LogP contribution < -0.4 is 4.72 Å². The molecule has 0 aromatic heterocycles. The van der Waals surface area contributed by atoms with Gasteiger partial charge in [-0.2, -0.15) is 0 Å². The number of fused-ring (bicyclic) bond motifs is 1. The normalized spacial score (nSPS) is 16.5. The predicted molar refractivity (Wildman–Crippen MR) is 95.7 cm³/mol. The third-order valence-corrected chi connectivity index (χ3v) is 5.58. The summed E-state index contributed by atoms with van der Waals surface area (Å²) in [4.78, 5) is 0.290. The molecule has 0 amide bonds. The van der Waals surface area contributed by atoms with Crippen molar-refractivity contribution in [1.29, 1.82) is 0 Å². The van der Waals surface area contributed by atoms with Crippen LogP contribution >= 0.6 is 0 Å². The highest BCUT2D eigenvalue weighted by Crippen LogP contribution is 2.30. The smallest absolute Gasteiger partial charge is 0.261 e. The minimum atomic E-state index is -3.61. The molecule has 0 radical (unpaired) electrons. The van der Waals surface area contributed by atoms with Gasteiger partial charge in [-0.1, -0.05) is 12.1 Å². The van der Waals surface area contributed by atoms with E-state index in [4.69, 9.17) is 4.74 Å². The van der Waals surface area contributed by atoms with Gasteiger partial charge in [-0.05, 0) is 74.2 Å². The summed E-state index contributed by atoms with van der Waals surface area (Å²) in [6, 6.07) is 10.9. The van der Waals surface area contributed by atoms with Crippen molar-refractivity contribution in [1.82, 2.24) is 0 Å². The van der Waals surface area contributed by atoms with Crippen molar-refractivity contribution < 1.29 is 13.2 Å². The van der Waals surface area contributed by atoms with E-state index in [1.54, 1.807) is 12.1 Å². The predicted octanol–water partition coefficient (Wildman–Crippen LogP) is 3.96. The maximum absolute atomic E-state index is 12.7. The van der Waals surface area contributed by atoms with Crippen molar-refractivity contribution in [2.24, 2.45) is 0 Å². The molecule has 2 aromatic carbocycles. The molecular weight excluding hydrogens is 322 g/mol.